The van der Waals surface area contributed by atoms with Crippen LogP contribution in [0.15, 0.2) is 30.4 Å². The van der Waals surface area contributed by atoms with E-state index in [1.165, 1.54) is 12.1 Å². The first-order chi connectivity index (χ1) is 10.8. The van der Waals surface area contributed by atoms with Crippen molar-refractivity contribution in [2.24, 2.45) is 11.8 Å². The van der Waals surface area contributed by atoms with Gasteiger partial charge in [0, 0.05) is 6.07 Å². The molecule has 118 valence electrons. The number of nitro benzene ring substituents is 1. The minimum absolute atomic E-state index is 0.0352. The fraction of sp³-hybridized carbons (Fsp3) is 0.375. The summed E-state index contributed by atoms with van der Waals surface area (Å²) in [6, 6.07) is 4.49. The molecule has 4 rings (SSSR count). The second kappa shape index (κ2) is 4.26. The van der Waals surface area contributed by atoms with Crippen molar-refractivity contribution in [3.8, 4) is 0 Å². The maximum atomic E-state index is 12.8. The maximum absolute atomic E-state index is 12.8. The van der Waals surface area contributed by atoms with Gasteiger partial charge in [0.15, 0.2) is 0 Å². The van der Waals surface area contributed by atoms with Crippen molar-refractivity contribution in [3.05, 3.63) is 46.0 Å². The van der Waals surface area contributed by atoms with E-state index in [0.717, 1.165) is 4.90 Å². The van der Waals surface area contributed by atoms with Gasteiger partial charge in [-0.3, -0.25) is 19.7 Å². The Morgan fingerprint density at radius 3 is 2.70 bits per heavy atom. The first kappa shape index (κ1) is 14.1. The molecule has 7 heteroatoms. The highest BCUT2D eigenvalue weighted by molar-refractivity contribution is 6.24. The standard InChI is InChI=1S/C16H14N2O5/c1-8-3-4-9(10(7-8)18(21)22)17-14(19)12-11-5-6-16(2,23-11)13(12)15(17)20/h3-7,11-13H,1-2H3/t11-,12-,13+,16-/m1/s1. The second-order valence-electron chi connectivity index (χ2n) is 6.39. The quantitative estimate of drug-likeness (QED) is 0.359. The average molecular weight is 314 g/mol. The lowest BCUT2D eigenvalue weighted by Crippen LogP contribution is -2.38. The normalized spacial score (nSPS) is 34.3. The monoisotopic (exact) mass is 314 g/mol. The molecule has 0 N–H and O–H groups in total. The number of hydrogen-bond donors (Lipinski definition) is 0. The molecule has 4 atom stereocenters. The lowest BCUT2D eigenvalue weighted by atomic mass is 9.78. The molecule has 2 fully saturated rings. The molecule has 23 heavy (non-hydrogen) atoms. The molecule has 0 aliphatic carbocycles. The molecule has 0 saturated carbocycles. The summed E-state index contributed by atoms with van der Waals surface area (Å²) >= 11 is 0. The Morgan fingerprint density at radius 2 is 2.04 bits per heavy atom. The van der Waals surface area contributed by atoms with Crippen molar-refractivity contribution in [2.45, 2.75) is 25.6 Å². The molecule has 1 aromatic carbocycles. The van der Waals surface area contributed by atoms with Crippen molar-refractivity contribution in [1.29, 1.82) is 0 Å². The van der Waals surface area contributed by atoms with Gasteiger partial charge in [0.25, 0.3) is 5.69 Å². The molecule has 0 radical (unpaired) electrons. The van der Waals surface area contributed by atoms with Gasteiger partial charge in [-0.05, 0) is 25.5 Å². The van der Waals surface area contributed by atoms with Crippen LogP contribution in [0, 0.1) is 28.9 Å². The van der Waals surface area contributed by atoms with Crippen LogP contribution in [0.4, 0.5) is 11.4 Å². The van der Waals surface area contributed by atoms with E-state index in [-0.39, 0.29) is 11.4 Å². The summed E-state index contributed by atoms with van der Waals surface area (Å²) in [6.45, 7) is 3.49. The highest BCUT2D eigenvalue weighted by atomic mass is 16.6. The van der Waals surface area contributed by atoms with E-state index < -0.39 is 40.3 Å². The molecule has 3 aliphatic heterocycles. The minimum Gasteiger partial charge on any atom is -0.362 e. The zero-order chi connectivity index (χ0) is 16.5. The number of nitrogens with zero attached hydrogens (tertiary/aromatic N) is 2. The number of rotatable bonds is 2. The predicted octanol–water partition coefficient (Wildman–Crippen LogP) is 1.74. The molecule has 0 spiro atoms. The van der Waals surface area contributed by atoms with Gasteiger partial charge in [-0.1, -0.05) is 18.2 Å². The van der Waals surface area contributed by atoms with E-state index in [9.17, 15) is 19.7 Å². The van der Waals surface area contributed by atoms with Gasteiger partial charge in [0.2, 0.25) is 11.8 Å². The Morgan fingerprint density at radius 1 is 1.30 bits per heavy atom. The molecule has 7 nitrogen and oxygen atoms in total. The number of carbonyl (C=O) groups excluding carboxylic acids is 2. The van der Waals surface area contributed by atoms with E-state index in [1.807, 2.05) is 0 Å². The van der Waals surface area contributed by atoms with Crippen LogP contribution in [0.25, 0.3) is 0 Å². The maximum Gasteiger partial charge on any atom is 0.293 e. The number of fused-ring (bicyclic) bond motifs is 5. The number of aryl methyl sites for hydroxylation is 1. The number of carbonyl (C=O) groups is 2. The van der Waals surface area contributed by atoms with Crippen LogP contribution in [-0.2, 0) is 14.3 Å². The SMILES string of the molecule is Cc1ccc(N2C(=O)[C@H]3[C@@H](C2=O)[C@@]2(C)C=C[C@H]3O2)c([N+](=O)[O-])c1. The molecule has 0 aromatic heterocycles. The predicted molar refractivity (Wildman–Crippen MR) is 79.7 cm³/mol. The van der Waals surface area contributed by atoms with E-state index in [2.05, 4.69) is 0 Å². The van der Waals surface area contributed by atoms with Crippen LogP contribution in [0.2, 0.25) is 0 Å². The van der Waals surface area contributed by atoms with Crippen molar-refractivity contribution >= 4 is 23.2 Å². The summed E-state index contributed by atoms with van der Waals surface area (Å²) in [6.07, 6.45) is 3.16. The van der Waals surface area contributed by atoms with Crippen LogP contribution in [0.5, 0.6) is 0 Å². The molecule has 1 aromatic rings. The van der Waals surface area contributed by atoms with Crippen molar-refractivity contribution in [1.82, 2.24) is 0 Å². The van der Waals surface area contributed by atoms with Crippen molar-refractivity contribution in [3.63, 3.8) is 0 Å². The Hall–Kier alpha value is -2.54. The first-order valence-corrected chi connectivity index (χ1v) is 7.33. The first-order valence-electron chi connectivity index (χ1n) is 7.33. The summed E-state index contributed by atoms with van der Waals surface area (Å²) in [7, 11) is 0. The summed E-state index contributed by atoms with van der Waals surface area (Å²) < 4.78 is 5.74. The van der Waals surface area contributed by atoms with E-state index in [4.69, 9.17) is 4.74 Å². The van der Waals surface area contributed by atoms with Crippen LogP contribution in [0.3, 0.4) is 0 Å². The molecule has 2 amide bonds. The fourth-order valence-electron chi connectivity index (χ4n) is 3.86. The van der Waals surface area contributed by atoms with Gasteiger partial charge >= 0.3 is 0 Å². The van der Waals surface area contributed by atoms with E-state index in [1.54, 1.807) is 32.1 Å². The Bertz CT molecular complexity index is 802. The van der Waals surface area contributed by atoms with Gasteiger partial charge in [0.05, 0.1) is 28.5 Å². The zero-order valence-corrected chi connectivity index (χ0v) is 12.6. The second-order valence-corrected chi connectivity index (χ2v) is 6.39. The highest BCUT2D eigenvalue weighted by Gasteiger charge is 2.66. The van der Waals surface area contributed by atoms with Crippen LogP contribution in [-0.4, -0.2) is 28.4 Å². The zero-order valence-electron chi connectivity index (χ0n) is 12.6. The molecule has 0 unspecified atom stereocenters. The molecule has 2 saturated heterocycles. The third kappa shape index (κ3) is 1.68. The number of hydrogen-bond acceptors (Lipinski definition) is 5. The number of ether oxygens (including phenoxy) is 1. The fourth-order valence-corrected chi connectivity index (χ4v) is 3.86. The molecule has 2 bridgehead atoms. The Kier molecular flexibility index (Phi) is 2.61. The van der Waals surface area contributed by atoms with Crippen LogP contribution in [0.1, 0.15) is 12.5 Å². The minimum atomic E-state index is -0.809. The summed E-state index contributed by atoms with van der Waals surface area (Å²) in [4.78, 5) is 37.3. The summed E-state index contributed by atoms with van der Waals surface area (Å²) in [5.74, 6) is -2.07. The van der Waals surface area contributed by atoms with Crippen LogP contribution < -0.4 is 4.90 Å². The van der Waals surface area contributed by atoms with Gasteiger partial charge in [0.1, 0.15) is 5.69 Å². The highest BCUT2D eigenvalue weighted by Crippen LogP contribution is 2.52. The Balaban J connectivity index is 1.83. The third-order valence-corrected chi connectivity index (χ3v) is 4.90. The van der Waals surface area contributed by atoms with Gasteiger partial charge < -0.3 is 4.74 Å². The van der Waals surface area contributed by atoms with E-state index in [0.29, 0.717) is 5.56 Å². The topological polar surface area (TPSA) is 89.8 Å². The lowest BCUT2D eigenvalue weighted by molar-refractivity contribution is -0.384. The lowest BCUT2D eigenvalue weighted by Gasteiger charge is -2.24. The van der Waals surface area contributed by atoms with Crippen molar-refractivity contribution in [2.75, 3.05) is 4.90 Å². The third-order valence-electron chi connectivity index (χ3n) is 4.90. The largest absolute Gasteiger partial charge is 0.362 e. The molecule has 3 heterocycles. The number of anilines is 1. The number of imide groups is 1. The van der Waals surface area contributed by atoms with Gasteiger partial charge in [-0.15, -0.1) is 0 Å². The smallest absolute Gasteiger partial charge is 0.293 e. The van der Waals surface area contributed by atoms with E-state index >= 15 is 0 Å². The average Bonchev–Trinajstić information content (AvgIpc) is 3.09. The number of amides is 2. The van der Waals surface area contributed by atoms with Gasteiger partial charge in [-0.2, -0.15) is 0 Å². The molecular weight excluding hydrogens is 300 g/mol. The summed E-state index contributed by atoms with van der Waals surface area (Å²) in [5.41, 5.74) is -0.320. The molecular formula is C16H14N2O5. The number of nitro groups is 1. The number of benzene rings is 1. The molecule has 3 aliphatic rings. The van der Waals surface area contributed by atoms with Gasteiger partial charge in [-0.25, -0.2) is 4.90 Å². The Labute approximate surface area is 131 Å². The van der Waals surface area contributed by atoms with Crippen molar-refractivity contribution < 1.29 is 19.2 Å². The summed E-state index contributed by atoms with van der Waals surface area (Å²) in [5, 5.41) is 11.3. The van der Waals surface area contributed by atoms with Crippen LogP contribution >= 0.6 is 0 Å².